The largest absolute Gasteiger partial charge is 0.468 e. The fourth-order valence-corrected chi connectivity index (χ4v) is 4.84. The average molecular weight is 389 g/mol. The lowest BCUT2D eigenvalue weighted by molar-refractivity contribution is -0.145. The zero-order valence-corrected chi connectivity index (χ0v) is 16.4. The molecule has 1 fully saturated rings. The molecule has 140 valence electrons. The second kappa shape index (κ2) is 8.49. The quantitative estimate of drug-likeness (QED) is 0.721. The maximum Gasteiger partial charge on any atom is 0.325 e. The zero-order valence-electron chi connectivity index (χ0n) is 14.8. The molecule has 6 nitrogen and oxygen atoms in total. The molecule has 0 aliphatic carbocycles. The van der Waals surface area contributed by atoms with Gasteiger partial charge in [0.25, 0.3) is 0 Å². The van der Waals surface area contributed by atoms with Gasteiger partial charge >= 0.3 is 5.97 Å². The summed E-state index contributed by atoms with van der Waals surface area (Å²) in [5.41, 5.74) is 0.738. The molecule has 1 unspecified atom stereocenters. The predicted molar refractivity (Wildman–Crippen MR) is 97.9 cm³/mol. The summed E-state index contributed by atoms with van der Waals surface area (Å²) in [5.74, 6) is -0.185. The molecule has 0 radical (unpaired) electrons. The highest BCUT2D eigenvalue weighted by Gasteiger charge is 2.39. The van der Waals surface area contributed by atoms with E-state index in [9.17, 15) is 13.2 Å². The van der Waals surface area contributed by atoms with Crippen LogP contribution in [0.5, 0.6) is 0 Å². The van der Waals surface area contributed by atoms with Crippen LogP contribution in [0.4, 0.5) is 0 Å². The van der Waals surface area contributed by atoms with Crippen molar-refractivity contribution in [1.29, 1.82) is 0 Å². The lowest BCUT2D eigenvalue weighted by atomic mass is 10.1. The van der Waals surface area contributed by atoms with Gasteiger partial charge in [-0.15, -0.1) is 0 Å². The molecule has 0 amide bonds. The second-order valence-electron chi connectivity index (χ2n) is 6.68. The van der Waals surface area contributed by atoms with Crippen LogP contribution in [-0.4, -0.2) is 62.1 Å². The van der Waals surface area contributed by atoms with Crippen LogP contribution >= 0.6 is 11.6 Å². The smallest absolute Gasteiger partial charge is 0.325 e. The summed E-state index contributed by atoms with van der Waals surface area (Å²) in [6.45, 7) is 5.68. The van der Waals surface area contributed by atoms with E-state index in [1.54, 1.807) is 24.3 Å². The molecular formula is C17H25ClN2O4S. The summed E-state index contributed by atoms with van der Waals surface area (Å²) in [4.78, 5) is 14.3. The van der Waals surface area contributed by atoms with Crippen LogP contribution in [0.25, 0.3) is 0 Å². The Morgan fingerprint density at radius 3 is 2.72 bits per heavy atom. The first kappa shape index (κ1) is 20.2. The van der Waals surface area contributed by atoms with Gasteiger partial charge in [0.15, 0.2) is 0 Å². The molecule has 1 aromatic carbocycles. The van der Waals surface area contributed by atoms with E-state index in [0.29, 0.717) is 24.0 Å². The van der Waals surface area contributed by atoms with E-state index in [-0.39, 0.29) is 12.3 Å². The molecule has 1 atom stereocenters. The molecule has 8 heteroatoms. The number of sulfonamides is 1. The molecule has 1 aliphatic rings. The lowest BCUT2D eigenvalue weighted by Crippen LogP contribution is -2.48. The van der Waals surface area contributed by atoms with E-state index in [2.05, 4.69) is 13.8 Å². The van der Waals surface area contributed by atoms with Crippen LogP contribution in [0.3, 0.4) is 0 Å². The number of methoxy groups -OCH3 is 1. The standard InChI is InChI=1S/C17H25ClN2O4S/c1-13(2)10-19-7-8-25(22,23)20(16(12-19)17(21)24-3)11-14-5-4-6-15(18)9-14/h4-6,9,13,16H,7-8,10-12H2,1-3H3. The third-order valence-corrected chi connectivity index (χ3v) is 6.16. The van der Waals surface area contributed by atoms with Gasteiger partial charge in [0.1, 0.15) is 6.04 Å². The molecule has 0 saturated carbocycles. The topological polar surface area (TPSA) is 66.9 Å². The molecule has 1 aliphatic heterocycles. The number of esters is 1. The number of carbonyl (C=O) groups is 1. The Morgan fingerprint density at radius 1 is 1.40 bits per heavy atom. The van der Waals surface area contributed by atoms with E-state index in [4.69, 9.17) is 16.3 Å². The van der Waals surface area contributed by atoms with Crippen LogP contribution in [0, 0.1) is 5.92 Å². The maximum absolute atomic E-state index is 12.8. The Morgan fingerprint density at radius 2 is 2.12 bits per heavy atom. The molecule has 1 saturated heterocycles. The van der Waals surface area contributed by atoms with Crippen LogP contribution in [0.2, 0.25) is 5.02 Å². The number of carbonyl (C=O) groups excluding carboxylic acids is 1. The van der Waals surface area contributed by atoms with Crippen LogP contribution < -0.4 is 0 Å². The summed E-state index contributed by atoms with van der Waals surface area (Å²) >= 11 is 6.00. The average Bonchev–Trinajstić information content (AvgIpc) is 2.65. The van der Waals surface area contributed by atoms with Gasteiger partial charge in [-0.2, -0.15) is 4.31 Å². The number of rotatable bonds is 5. The van der Waals surface area contributed by atoms with Crippen molar-refractivity contribution in [2.45, 2.75) is 26.4 Å². The molecule has 1 aromatic rings. The lowest BCUT2D eigenvalue weighted by Gasteiger charge is -2.29. The number of benzene rings is 1. The first-order valence-electron chi connectivity index (χ1n) is 8.27. The Hall–Kier alpha value is -1.15. The number of nitrogens with zero attached hydrogens (tertiary/aromatic N) is 2. The monoisotopic (exact) mass is 388 g/mol. The van der Waals surface area contributed by atoms with Gasteiger partial charge in [0, 0.05) is 31.2 Å². The summed E-state index contributed by atoms with van der Waals surface area (Å²) in [7, 11) is -2.31. The maximum atomic E-state index is 12.8. The van der Waals surface area contributed by atoms with Crippen molar-refractivity contribution in [2.24, 2.45) is 5.92 Å². The molecule has 2 rings (SSSR count). The summed E-state index contributed by atoms with van der Waals surface area (Å²) in [5, 5.41) is 0.528. The molecular weight excluding hydrogens is 364 g/mol. The van der Waals surface area contributed by atoms with E-state index < -0.39 is 22.0 Å². The molecule has 0 spiro atoms. The van der Waals surface area contributed by atoms with Crippen LogP contribution in [0.1, 0.15) is 19.4 Å². The summed E-state index contributed by atoms with van der Waals surface area (Å²) < 4.78 is 31.8. The minimum atomic E-state index is -3.60. The van der Waals surface area contributed by atoms with Crippen molar-refractivity contribution in [2.75, 3.05) is 32.5 Å². The Balaban J connectivity index is 2.35. The van der Waals surface area contributed by atoms with E-state index >= 15 is 0 Å². The fraction of sp³-hybridized carbons (Fsp3) is 0.588. The van der Waals surface area contributed by atoms with Crippen molar-refractivity contribution in [3.05, 3.63) is 34.9 Å². The van der Waals surface area contributed by atoms with Gasteiger partial charge < -0.3 is 4.74 Å². The molecule has 0 N–H and O–H groups in total. The SMILES string of the molecule is COC(=O)C1CN(CC(C)C)CCS(=O)(=O)N1Cc1cccc(Cl)c1. The van der Waals surface area contributed by atoms with Crippen molar-refractivity contribution in [1.82, 2.24) is 9.21 Å². The van der Waals surface area contributed by atoms with Crippen molar-refractivity contribution in [3.63, 3.8) is 0 Å². The van der Waals surface area contributed by atoms with Gasteiger partial charge in [-0.3, -0.25) is 9.69 Å². The van der Waals surface area contributed by atoms with Crippen molar-refractivity contribution < 1.29 is 17.9 Å². The van der Waals surface area contributed by atoms with Gasteiger partial charge in [-0.25, -0.2) is 8.42 Å². The number of hydrogen-bond donors (Lipinski definition) is 0. The number of halogens is 1. The molecule has 0 aromatic heterocycles. The summed E-state index contributed by atoms with van der Waals surface area (Å²) in [6, 6.07) is 6.13. The third kappa shape index (κ3) is 5.41. The third-order valence-electron chi connectivity index (χ3n) is 4.13. The summed E-state index contributed by atoms with van der Waals surface area (Å²) in [6.07, 6.45) is 0. The van der Waals surface area contributed by atoms with Gasteiger partial charge in [-0.1, -0.05) is 37.6 Å². The van der Waals surface area contributed by atoms with Gasteiger partial charge in [-0.05, 0) is 23.6 Å². The van der Waals surface area contributed by atoms with Gasteiger partial charge in [0.05, 0.1) is 12.9 Å². The van der Waals surface area contributed by atoms with E-state index in [0.717, 1.165) is 12.1 Å². The highest BCUT2D eigenvalue weighted by atomic mass is 35.5. The fourth-order valence-electron chi connectivity index (χ4n) is 3.02. The Labute approximate surface area is 154 Å². The number of ether oxygens (including phenoxy) is 1. The molecule has 0 bridgehead atoms. The second-order valence-corrected chi connectivity index (χ2v) is 9.16. The first-order chi connectivity index (χ1) is 11.7. The molecule has 25 heavy (non-hydrogen) atoms. The predicted octanol–water partition coefficient (Wildman–Crippen LogP) is 1.99. The van der Waals surface area contributed by atoms with Crippen LogP contribution in [0.15, 0.2) is 24.3 Å². The number of hydrogen-bond acceptors (Lipinski definition) is 5. The van der Waals surface area contributed by atoms with E-state index in [1.165, 1.54) is 11.4 Å². The highest BCUT2D eigenvalue weighted by molar-refractivity contribution is 7.89. The highest BCUT2D eigenvalue weighted by Crippen LogP contribution is 2.21. The zero-order chi connectivity index (χ0) is 18.6. The normalized spacial score (nSPS) is 21.9. The van der Waals surface area contributed by atoms with Crippen molar-refractivity contribution >= 4 is 27.6 Å². The van der Waals surface area contributed by atoms with Crippen LogP contribution in [-0.2, 0) is 26.1 Å². The Bertz CT molecular complexity index is 708. The minimum Gasteiger partial charge on any atom is -0.468 e. The first-order valence-corrected chi connectivity index (χ1v) is 10.3. The van der Waals surface area contributed by atoms with Crippen molar-refractivity contribution in [3.8, 4) is 0 Å². The minimum absolute atomic E-state index is 0.0201. The van der Waals surface area contributed by atoms with E-state index in [1.807, 2.05) is 4.90 Å². The molecule has 1 heterocycles. The van der Waals surface area contributed by atoms with Gasteiger partial charge in [0.2, 0.25) is 10.0 Å². The Kier molecular flexibility index (Phi) is 6.85.